The molecule has 21 heavy (non-hydrogen) atoms. The Hall–Kier alpha value is -1.13. The van der Waals surface area contributed by atoms with Gasteiger partial charge in [-0.15, -0.1) is 0 Å². The van der Waals surface area contributed by atoms with E-state index in [9.17, 15) is 4.79 Å². The van der Waals surface area contributed by atoms with Crippen molar-refractivity contribution in [3.05, 3.63) is 63.1 Å². The van der Waals surface area contributed by atoms with Crippen LogP contribution in [-0.2, 0) is 11.4 Å². The van der Waals surface area contributed by atoms with Crippen LogP contribution in [0.4, 0.5) is 0 Å². The second kappa shape index (κ2) is 7.23. The smallest absolute Gasteiger partial charge is 0.138 e. The number of halogens is 2. The highest BCUT2D eigenvalue weighted by Crippen LogP contribution is 2.31. The molecule has 0 aliphatic heterocycles. The first-order valence-electron chi connectivity index (χ1n) is 6.59. The first-order chi connectivity index (χ1) is 10.0. The maximum Gasteiger partial charge on any atom is 0.138 e. The van der Waals surface area contributed by atoms with E-state index in [0.717, 1.165) is 33.2 Å². The van der Waals surface area contributed by atoms with E-state index >= 15 is 0 Å². The molecule has 0 aliphatic rings. The molecule has 0 saturated heterocycles. The maximum atomic E-state index is 11.0. The largest absolute Gasteiger partial charge is 0.489 e. The quantitative estimate of drug-likeness (QED) is 0.494. The summed E-state index contributed by atoms with van der Waals surface area (Å²) in [7, 11) is 0. The molecule has 110 valence electrons. The standard InChI is InChI=1S/C17H16Br2O2/c1-11-3-6-17(15(7-11)16(19)9-20)21-10-13-4-5-14(18)8-12(13)2/h3-9,16H,10H2,1-2H3. The van der Waals surface area contributed by atoms with Gasteiger partial charge in [0.1, 0.15) is 18.6 Å². The van der Waals surface area contributed by atoms with Crippen LogP contribution in [0.5, 0.6) is 5.75 Å². The first kappa shape index (κ1) is 16.2. The summed E-state index contributed by atoms with van der Waals surface area (Å²) in [6.45, 7) is 4.53. The molecule has 0 spiro atoms. The number of aryl methyl sites for hydroxylation is 2. The lowest BCUT2D eigenvalue weighted by molar-refractivity contribution is -0.107. The molecule has 0 saturated carbocycles. The number of carbonyl (C=O) groups is 1. The van der Waals surface area contributed by atoms with Crippen LogP contribution in [0.2, 0.25) is 0 Å². The lowest BCUT2D eigenvalue weighted by Crippen LogP contribution is -2.02. The van der Waals surface area contributed by atoms with Gasteiger partial charge in [0.25, 0.3) is 0 Å². The summed E-state index contributed by atoms with van der Waals surface area (Å²) in [5.74, 6) is 0.733. The van der Waals surface area contributed by atoms with Gasteiger partial charge in [-0.2, -0.15) is 0 Å². The van der Waals surface area contributed by atoms with E-state index in [0.29, 0.717) is 6.61 Å². The van der Waals surface area contributed by atoms with Crippen LogP contribution >= 0.6 is 31.9 Å². The van der Waals surface area contributed by atoms with Gasteiger partial charge >= 0.3 is 0 Å². The van der Waals surface area contributed by atoms with Gasteiger partial charge in [0.2, 0.25) is 0 Å². The zero-order chi connectivity index (χ0) is 15.4. The predicted octanol–water partition coefficient (Wildman–Crippen LogP) is 5.28. The van der Waals surface area contributed by atoms with E-state index < -0.39 is 0 Å². The van der Waals surface area contributed by atoms with Gasteiger partial charge in [0.05, 0.1) is 4.83 Å². The number of aldehydes is 1. The number of carbonyl (C=O) groups excluding carboxylic acids is 1. The molecule has 1 atom stereocenters. The van der Waals surface area contributed by atoms with Crippen LogP contribution in [-0.4, -0.2) is 6.29 Å². The minimum Gasteiger partial charge on any atom is -0.489 e. The Morgan fingerprint density at radius 1 is 1.19 bits per heavy atom. The molecule has 0 aliphatic carbocycles. The summed E-state index contributed by atoms with van der Waals surface area (Å²) in [6, 6.07) is 12.0. The molecule has 0 heterocycles. The lowest BCUT2D eigenvalue weighted by Gasteiger charge is -2.14. The van der Waals surface area contributed by atoms with E-state index in [1.54, 1.807) is 0 Å². The molecular formula is C17H16Br2O2. The van der Waals surface area contributed by atoms with Gasteiger partial charge in [0, 0.05) is 10.0 Å². The lowest BCUT2D eigenvalue weighted by atomic mass is 10.1. The summed E-state index contributed by atoms with van der Waals surface area (Å²) in [6.07, 6.45) is 0.868. The summed E-state index contributed by atoms with van der Waals surface area (Å²) in [5, 5.41) is 0. The minimum atomic E-state index is -0.349. The predicted molar refractivity (Wildman–Crippen MR) is 92.1 cm³/mol. The molecule has 0 bridgehead atoms. The Kier molecular flexibility index (Phi) is 5.59. The van der Waals surface area contributed by atoms with Gasteiger partial charge in [0.15, 0.2) is 0 Å². The fourth-order valence-corrected chi connectivity index (χ4v) is 2.90. The average molecular weight is 412 g/mol. The van der Waals surface area contributed by atoms with Crippen molar-refractivity contribution in [1.29, 1.82) is 0 Å². The first-order valence-corrected chi connectivity index (χ1v) is 8.30. The van der Waals surface area contributed by atoms with E-state index in [2.05, 4.69) is 44.8 Å². The molecule has 0 amide bonds. The highest BCUT2D eigenvalue weighted by molar-refractivity contribution is 9.10. The van der Waals surface area contributed by atoms with E-state index in [4.69, 9.17) is 4.74 Å². The molecule has 0 N–H and O–H groups in total. The summed E-state index contributed by atoms with van der Waals surface area (Å²) in [4.78, 5) is 10.7. The molecule has 0 aromatic heterocycles. The van der Waals surface area contributed by atoms with E-state index in [1.807, 2.05) is 37.3 Å². The van der Waals surface area contributed by atoms with Crippen molar-refractivity contribution in [2.75, 3.05) is 0 Å². The van der Waals surface area contributed by atoms with Crippen LogP contribution < -0.4 is 4.74 Å². The molecule has 1 unspecified atom stereocenters. The van der Waals surface area contributed by atoms with Gasteiger partial charge in [-0.05, 0) is 43.2 Å². The van der Waals surface area contributed by atoms with Crippen LogP contribution in [0.1, 0.15) is 27.1 Å². The number of benzene rings is 2. The average Bonchev–Trinajstić information content (AvgIpc) is 2.46. The molecule has 0 fully saturated rings. The topological polar surface area (TPSA) is 26.3 Å². The second-order valence-electron chi connectivity index (χ2n) is 4.94. The van der Waals surface area contributed by atoms with Gasteiger partial charge in [-0.25, -0.2) is 0 Å². The van der Waals surface area contributed by atoms with Crippen molar-refractivity contribution in [2.24, 2.45) is 0 Å². The Morgan fingerprint density at radius 2 is 1.95 bits per heavy atom. The maximum absolute atomic E-state index is 11.0. The molecule has 4 heteroatoms. The third kappa shape index (κ3) is 4.17. The third-order valence-electron chi connectivity index (χ3n) is 3.27. The summed E-state index contributed by atoms with van der Waals surface area (Å²) < 4.78 is 6.97. The van der Waals surface area contributed by atoms with Crippen LogP contribution in [0.15, 0.2) is 40.9 Å². The fraction of sp³-hybridized carbons (Fsp3) is 0.235. The van der Waals surface area contributed by atoms with Crippen LogP contribution in [0, 0.1) is 13.8 Å². The van der Waals surface area contributed by atoms with Gasteiger partial charge in [-0.3, -0.25) is 0 Å². The van der Waals surface area contributed by atoms with Crippen LogP contribution in [0.25, 0.3) is 0 Å². The zero-order valence-electron chi connectivity index (χ0n) is 11.9. The molecule has 2 aromatic carbocycles. The highest BCUT2D eigenvalue weighted by atomic mass is 79.9. The SMILES string of the molecule is Cc1ccc(OCc2ccc(Br)cc2C)c(C(Br)C=O)c1. The van der Waals surface area contributed by atoms with Crippen molar-refractivity contribution >= 4 is 38.1 Å². The van der Waals surface area contributed by atoms with Crippen molar-refractivity contribution < 1.29 is 9.53 Å². The number of rotatable bonds is 5. The van der Waals surface area contributed by atoms with Gasteiger partial charge in [-0.1, -0.05) is 55.6 Å². The van der Waals surface area contributed by atoms with Gasteiger partial charge < -0.3 is 9.53 Å². The van der Waals surface area contributed by atoms with Crippen molar-refractivity contribution in [2.45, 2.75) is 25.3 Å². The highest BCUT2D eigenvalue weighted by Gasteiger charge is 2.13. The monoisotopic (exact) mass is 410 g/mol. The van der Waals surface area contributed by atoms with Crippen molar-refractivity contribution in [3.63, 3.8) is 0 Å². The van der Waals surface area contributed by atoms with E-state index in [1.165, 1.54) is 5.56 Å². The summed E-state index contributed by atoms with van der Waals surface area (Å²) in [5.41, 5.74) is 4.26. The van der Waals surface area contributed by atoms with Crippen molar-refractivity contribution in [3.8, 4) is 5.75 Å². The molecule has 0 radical (unpaired) electrons. The fourth-order valence-electron chi connectivity index (χ4n) is 2.06. The molecular weight excluding hydrogens is 396 g/mol. The molecule has 2 aromatic rings. The zero-order valence-corrected chi connectivity index (χ0v) is 15.1. The minimum absolute atomic E-state index is 0.349. The number of hydrogen-bond acceptors (Lipinski definition) is 2. The Labute approximate surface area is 141 Å². The summed E-state index contributed by atoms with van der Waals surface area (Å²) >= 11 is 6.82. The molecule has 2 rings (SSSR count). The third-order valence-corrected chi connectivity index (χ3v) is 4.47. The number of ether oxygens (including phenoxy) is 1. The number of alkyl halides is 1. The van der Waals surface area contributed by atoms with E-state index in [-0.39, 0.29) is 4.83 Å². The number of hydrogen-bond donors (Lipinski definition) is 0. The second-order valence-corrected chi connectivity index (χ2v) is 6.84. The normalized spacial score (nSPS) is 12.0. The van der Waals surface area contributed by atoms with Crippen LogP contribution in [0.3, 0.4) is 0 Å². The Bertz CT molecular complexity index is 653. The molecule has 2 nitrogen and oxygen atoms in total. The van der Waals surface area contributed by atoms with Crippen molar-refractivity contribution in [1.82, 2.24) is 0 Å². The Balaban J connectivity index is 2.21. The Morgan fingerprint density at radius 3 is 2.62 bits per heavy atom.